The lowest BCUT2D eigenvalue weighted by molar-refractivity contribution is 1.15. The Kier molecular flexibility index (Phi) is 3.55. The SMILES string of the molecule is O=c1/c(=C/C=C\c2ccccc2)sc2nc3cc(Br)cnc3n12. The Balaban J connectivity index is 1.82. The van der Waals surface area contributed by atoms with Crippen LogP contribution in [0.5, 0.6) is 0 Å². The van der Waals surface area contributed by atoms with E-state index in [9.17, 15) is 4.79 Å². The highest BCUT2D eigenvalue weighted by atomic mass is 79.9. The number of fused-ring (bicyclic) bond motifs is 3. The molecule has 0 atom stereocenters. The normalized spacial score (nSPS) is 12.8. The van der Waals surface area contributed by atoms with Gasteiger partial charge in [0.15, 0.2) is 10.6 Å². The summed E-state index contributed by atoms with van der Waals surface area (Å²) in [6.45, 7) is 0. The zero-order chi connectivity index (χ0) is 15.8. The number of rotatable bonds is 2. The van der Waals surface area contributed by atoms with E-state index in [4.69, 9.17) is 0 Å². The molecule has 0 bridgehead atoms. The molecule has 0 saturated carbocycles. The van der Waals surface area contributed by atoms with Crippen molar-refractivity contribution in [1.82, 2.24) is 14.4 Å². The first-order valence-electron chi connectivity index (χ1n) is 6.92. The molecule has 0 spiro atoms. The first-order valence-corrected chi connectivity index (χ1v) is 8.53. The van der Waals surface area contributed by atoms with Crippen molar-refractivity contribution in [2.24, 2.45) is 0 Å². The summed E-state index contributed by atoms with van der Waals surface area (Å²) < 4.78 is 3.06. The molecule has 0 aliphatic rings. The fourth-order valence-electron chi connectivity index (χ4n) is 2.34. The minimum absolute atomic E-state index is 0.0833. The van der Waals surface area contributed by atoms with E-state index in [1.165, 1.54) is 11.3 Å². The van der Waals surface area contributed by atoms with E-state index in [0.29, 0.717) is 20.7 Å². The maximum absolute atomic E-state index is 12.5. The van der Waals surface area contributed by atoms with Crippen LogP contribution in [0.2, 0.25) is 0 Å². The van der Waals surface area contributed by atoms with Crippen molar-refractivity contribution in [3.8, 4) is 0 Å². The highest BCUT2D eigenvalue weighted by molar-refractivity contribution is 9.10. The monoisotopic (exact) mass is 383 g/mol. The van der Waals surface area contributed by atoms with Crippen molar-refractivity contribution in [2.45, 2.75) is 0 Å². The topological polar surface area (TPSA) is 47.3 Å². The fraction of sp³-hybridized carbons (Fsp3) is 0. The second kappa shape index (κ2) is 5.72. The quantitative estimate of drug-likeness (QED) is 0.533. The maximum Gasteiger partial charge on any atom is 0.276 e. The number of pyridine rings is 1. The summed E-state index contributed by atoms with van der Waals surface area (Å²) in [5, 5.41) is 0. The van der Waals surface area contributed by atoms with Crippen LogP contribution in [-0.4, -0.2) is 14.4 Å². The smallest absolute Gasteiger partial charge is 0.267 e. The zero-order valence-electron chi connectivity index (χ0n) is 11.8. The molecule has 0 fully saturated rings. The maximum atomic E-state index is 12.5. The van der Waals surface area contributed by atoms with Gasteiger partial charge in [-0.1, -0.05) is 53.8 Å². The van der Waals surface area contributed by atoms with Crippen molar-refractivity contribution < 1.29 is 0 Å². The van der Waals surface area contributed by atoms with Crippen molar-refractivity contribution in [3.63, 3.8) is 0 Å². The number of hydrogen-bond acceptors (Lipinski definition) is 4. The minimum Gasteiger partial charge on any atom is -0.267 e. The van der Waals surface area contributed by atoms with Gasteiger partial charge in [0.2, 0.25) is 0 Å². The third kappa shape index (κ3) is 2.60. The Morgan fingerprint density at radius 3 is 2.87 bits per heavy atom. The van der Waals surface area contributed by atoms with Crippen LogP contribution < -0.4 is 10.1 Å². The van der Waals surface area contributed by atoms with Crippen molar-refractivity contribution in [2.75, 3.05) is 0 Å². The number of imidazole rings is 1. The van der Waals surface area contributed by atoms with Gasteiger partial charge in [0.25, 0.3) is 5.56 Å². The van der Waals surface area contributed by atoms with Gasteiger partial charge < -0.3 is 0 Å². The molecule has 3 aromatic heterocycles. The number of hydrogen-bond donors (Lipinski definition) is 0. The lowest BCUT2D eigenvalue weighted by Gasteiger charge is -1.89. The van der Waals surface area contributed by atoms with Gasteiger partial charge in [0, 0.05) is 10.7 Å². The van der Waals surface area contributed by atoms with E-state index in [0.717, 1.165) is 10.0 Å². The lowest BCUT2D eigenvalue weighted by Crippen LogP contribution is -2.22. The zero-order valence-corrected chi connectivity index (χ0v) is 14.2. The van der Waals surface area contributed by atoms with Crippen LogP contribution in [0.4, 0.5) is 0 Å². The first kappa shape index (κ1) is 14.3. The molecule has 0 unspecified atom stereocenters. The van der Waals surface area contributed by atoms with Crippen molar-refractivity contribution >= 4 is 55.5 Å². The van der Waals surface area contributed by atoms with Gasteiger partial charge in [-0.25, -0.2) is 14.4 Å². The first-order chi connectivity index (χ1) is 11.2. The molecule has 0 aliphatic heterocycles. The minimum atomic E-state index is -0.0833. The Morgan fingerprint density at radius 1 is 1.22 bits per heavy atom. The van der Waals surface area contributed by atoms with Gasteiger partial charge in [-0.3, -0.25) is 4.79 Å². The molecule has 3 heterocycles. The third-order valence-corrected chi connectivity index (χ3v) is 4.80. The second-order valence-corrected chi connectivity index (χ2v) is 6.86. The van der Waals surface area contributed by atoms with Crippen LogP contribution in [-0.2, 0) is 0 Å². The number of nitrogens with zero attached hydrogens (tertiary/aromatic N) is 3. The predicted molar refractivity (Wildman–Crippen MR) is 97.5 cm³/mol. The van der Waals surface area contributed by atoms with Gasteiger partial charge >= 0.3 is 0 Å². The summed E-state index contributed by atoms with van der Waals surface area (Å²) in [6, 6.07) is 11.8. The van der Waals surface area contributed by atoms with Crippen LogP contribution in [0.25, 0.3) is 28.3 Å². The summed E-state index contributed by atoms with van der Waals surface area (Å²) in [5.74, 6) is 0. The summed E-state index contributed by atoms with van der Waals surface area (Å²) >= 11 is 4.73. The molecule has 0 aliphatic carbocycles. The van der Waals surface area contributed by atoms with Gasteiger partial charge in [0.1, 0.15) is 5.52 Å². The molecular weight excluding hydrogens is 374 g/mol. The lowest BCUT2D eigenvalue weighted by atomic mass is 10.2. The highest BCUT2D eigenvalue weighted by Gasteiger charge is 2.11. The molecule has 4 rings (SSSR count). The van der Waals surface area contributed by atoms with E-state index >= 15 is 0 Å². The van der Waals surface area contributed by atoms with Gasteiger partial charge in [-0.2, -0.15) is 0 Å². The third-order valence-electron chi connectivity index (χ3n) is 3.38. The highest BCUT2D eigenvalue weighted by Crippen LogP contribution is 2.18. The van der Waals surface area contributed by atoms with Crippen LogP contribution in [0, 0.1) is 0 Å². The standard InChI is InChI=1S/C17H10BrN3OS/c18-12-9-13-15(19-10-12)21-16(22)14(23-17(21)20-13)8-4-7-11-5-2-1-3-6-11/h1-10H/b7-4-,14-8-. The Bertz CT molecular complexity index is 1150. The summed E-state index contributed by atoms with van der Waals surface area (Å²) in [4.78, 5) is 22.0. The summed E-state index contributed by atoms with van der Waals surface area (Å²) in [7, 11) is 0. The van der Waals surface area contributed by atoms with E-state index in [1.807, 2.05) is 54.6 Å². The van der Waals surface area contributed by atoms with Crippen LogP contribution in [0.1, 0.15) is 5.56 Å². The van der Waals surface area contributed by atoms with Gasteiger partial charge in [-0.15, -0.1) is 0 Å². The Hall–Kier alpha value is -2.31. The molecule has 23 heavy (non-hydrogen) atoms. The molecule has 1 aromatic carbocycles. The average molecular weight is 384 g/mol. The molecular formula is C17H10BrN3OS. The number of benzene rings is 1. The molecule has 6 heteroatoms. The summed E-state index contributed by atoms with van der Waals surface area (Å²) in [5.41, 5.74) is 2.32. The predicted octanol–water partition coefficient (Wildman–Crippen LogP) is 3.28. The second-order valence-electron chi connectivity index (χ2n) is 4.93. The van der Waals surface area contributed by atoms with E-state index in [2.05, 4.69) is 25.9 Å². The molecule has 0 radical (unpaired) electrons. The molecule has 0 saturated heterocycles. The van der Waals surface area contributed by atoms with Crippen LogP contribution in [0.15, 0.2) is 57.9 Å². The number of thiazole rings is 1. The van der Waals surface area contributed by atoms with E-state index in [1.54, 1.807) is 10.6 Å². The number of allylic oxidation sites excluding steroid dienone is 1. The van der Waals surface area contributed by atoms with Gasteiger partial charge in [-0.05, 0) is 33.6 Å². The van der Waals surface area contributed by atoms with E-state index in [-0.39, 0.29) is 5.56 Å². The fourth-order valence-corrected chi connectivity index (χ4v) is 3.59. The van der Waals surface area contributed by atoms with Gasteiger partial charge in [0.05, 0.1) is 4.53 Å². The molecule has 0 amide bonds. The van der Waals surface area contributed by atoms with Crippen molar-refractivity contribution in [3.05, 3.63) is 73.6 Å². The van der Waals surface area contributed by atoms with E-state index < -0.39 is 0 Å². The van der Waals surface area contributed by atoms with Crippen LogP contribution in [0.3, 0.4) is 0 Å². The number of aromatic nitrogens is 3. The average Bonchev–Trinajstić information content (AvgIpc) is 3.05. The molecule has 0 N–H and O–H groups in total. The largest absolute Gasteiger partial charge is 0.276 e. The molecule has 4 aromatic rings. The number of halogens is 1. The molecule has 112 valence electrons. The summed E-state index contributed by atoms with van der Waals surface area (Å²) in [6.07, 6.45) is 7.34. The molecule has 4 nitrogen and oxygen atoms in total. The Labute approximate surface area is 143 Å². The van der Waals surface area contributed by atoms with Crippen molar-refractivity contribution in [1.29, 1.82) is 0 Å². The van der Waals surface area contributed by atoms with Crippen LogP contribution >= 0.6 is 27.3 Å². The Morgan fingerprint density at radius 2 is 2.04 bits per heavy atom.